The fraction of sp³-hybridized carbons (Fsp3) is 0.138. The van der Waals surface area contributed by atoms with Crippen LogP contribution in [0.25, 0.3) is 0 Å². The summed E-state index contributed by atoms with van der Waals surface area (Å²) in [4.78, 5) is 16.3. The van der Waals surface area contributed by atoms with E-state index in [0.29, 0.717) is 13.1 Å². The maximum Gasteiger partial charge on any atom is 0.187 e. The van der Waals surface area contributed by atoms with Gasteiger partial charge in [-0.25, -0.2) is 0 Å². The van der Waals surface area contributed by atoms with Crippen LogP contribution >= 0.6 is 0 Å². The van der Waals surface area contributed by atoms with Crippen molar-refractivity contribution in [1.82, 2.24) is 4.90 Å². The number of hydrogen-bond acceptors (Lipinski definition) is 2. The Morgan fingerprint density at radius 2 is 1.00 bits per heavy atom. The second kappa shape index (κ2) is 9.55. The molecule has 0 saturated heterocycles. The maximum absolute atomic E-state index is 14.0. The van der Waals surface area contributed by atoms with Crippen molar-refractivity contribution in [3.63, 3.8) is 0 Å². The Kier molecular flexibility index (Phi) is 6.40. The SMILES string of the molecule is CC(C(=O)c1ccccc1)(c1ccccc1)N(Cc1ccccc1)Cc1ccccc1. The number of carbonyl (C=O) groups is 1. The lowest BCUT2D eigenvalue weighted by molar-refractivity contribution is 0.0519. The molecule has 0 aromatic heterocycles. The molecule has 4 aromatic carbocycles. The molecule has 0 radical (unpaired) electrons. The summed E-state index contributed by atoms with van der Waals surface area (Å²) in [5, 5.41) is 0. The van der Waals surface area contributed by atoms with Crippen molar-refractivity contribution < 1.29 is 4.79 Å². The van der Waals surface area contributed by atoms with Crippen molar-refractivity contribution in [2.24, 2.45) is 0 Å². The smallest absolute Gasteiger partial charge is 0.187 e. The highest BCUT2D eigenvalue weighted by atomic mass is 16.1. The topological polar surface area (TPSA) is 20.3 Å². The largest absolute Gasteiger partial charge is 0.292 e. The van der Waals surface area contributed by atoms with Gasteiger partial charge in [0.05, 0.1) is 0 Å². The van der Waals surface area contributed by atoms with Gasteiger partial charge in [0.2, 0.25) is 0 Å². The van der Waals surface area contributed by atoms with Crippen LogP contribution in [0.4, 0.5) is 0 Å². The summed E-state index contributed by atoms with van der Waals surface area (Å²) in [7, 11) is 0. The van der Waals surface area contributed by atoms with Gasteiger partial charge in [-0.3, -0.25) is 9.69 Å². The summed E-state index contributed by atoms with van der Waals surface area (Å²) < 4.78 is 0. The van der Waals surface area contributed by atoms with E-state index in [1.165, 1.54) is 11.1 Å². The predicted molar refractivity (Wildman–Crippen MR) is 127 cm³/mol. The minimum Gasteiger partial charge on any atom is -0.292 e. The molecule has 4 aromatic rings. The zero-order chi connectivity index (χ0) is 21.5. The summed E-state index contributed by atoms with van der Waals surface area (Å²) in [6.45, 7) is 3.39. The van der Waals surface area contributed by atoms with Gasteiger partial charge in [-0.2, -0.15) is 0 Å². The Hall–Kier alpha value is -3.49. The standard InChI is InChI=1S/C29H27NO/c1-29(27-20-12-5-13-21-27,28(31)26-18-10-4-11-19-26)30(22-24-14-6-2-7-15-24)23-25-16-8-3-9-17-25/h2-21H,22-23H2,1H3. The molecule has 0 aliphatic heterocycles. The molecule has 4 rings (SSSR count). The fourth-order valence-electron chi connectivity index (χ4n) is 4.07. The number of Topliss-reactive ketones (excluding diaryl/α,β-unsaturated/α-hetero) is 1. The van der Waals surface area contributed by atoms with Gasteiger partial charge in [0.1, 0.15) is 5.54 Å². The molecule has 0 saturated carbocycles. The van der Waals surface area contributed by atoms with Crippen molar-refractivity contribution >= 4 is 5.78 Å². The van der Waals surface area contributed by atoms with Crippen LogP contribution in [0.5, 0.6) is 0 Å². The molecule has 1 atom stereocenters. The number of rotatable bonds is 8. The van der Waals surface area contributed by atoms with Gasteiger partial charge in [0.25, 0.3) is 0 Å². The fourth-order valence-corrected chi connectivity index (χ4v) is 4.07. The first-order valence-corrected chi connectivity index (χ1v) is 10.7. The highest BCUT2D eigenvalue weighted by Crippen LogP contribution is 2.35. The first-order valence-electron chi connectivity index (χ1n) is 10.7. The summed E-state index contributed by atoms with van der Waals surface area (Å²) in [6, 6.07) is 40.5. The number of benzene rings is 4. The Morgan fingerprint density at radius 3 is 1.45 bits per heavy atom. The van der Waals surface area contributed by atoms with E-state index in [9.17, 15) is 4.79 Å². The molecular weight excluding hydrogens is 378 g/mol. The highest BCUT2D eigenvalue weighted by molar-refractivity contribution is 6.03. The van der Waals surface area contributed by atoms with Crippen molar-refractivity contribution in [3.8, 4) is 0 Å². The Labute approximate surface area is 184 Å². The van der Waals surface area contributed by atoms with Crippen molar-refractivity contribution in [3.05, 3.63) is 144 Å². The molecule has 0 aliphatic carbocycles. The van der Waals surface area contributed by atoms with E-state index < -0.39 is 5.54 Å². The lowest BCUT2D eigenvalue weighted by atomic mass is 9.82. The van der Waals surface area contributed by atoms with Crippen LogP contribution in [0.2, 0.25) is 0 Å². The normalized spacial score (nSPS) is 13.0. The zero-order valence-electron chi connectivity index (χ0n) is 17.8. The van der Waals surface area contributed by atoms with Gasteiger partial charge < -0.3 is 0 Å². The van der Waals surface area contributed by atoms with E-state index in [0.717, 1.165) is 11.1 Å². The maximum atomic E-state index is 14.0. The lowest BCUT2D eigenvalue weighted by Crippen LogP contribution is -2.49. The molecule has 1 unspecified atom stereocenters. The average molecular weight is 406 g/mol. The number of ketones is 1. The van der Waals surface area contributed by atoms with E-state index >= 15 is 0 Å². The molecule has 0 aliphatic rings. The van der Waals surface area contributed by atoms with Crippen LogP contribution in [0.1, 0.15) is 34.0 Å². The molecule has 2 heteroatoms. The second-order valence-corrected chi connectivity index (χ2v) is 7.96. The number of hydrogen-bond donors (Lipinski definition) is 0. The predicted octanol–water partition coefficient (Wildman–Crippen LogP) is 6.49. The van der Waals surface area contributed by atoms with E-state index in [-0.39, 0.29) is 5.78 Å². The lowest BCUT2D eigenvalue weighted by Gasteiger charge is -2.41. The van der Waals surface area contributed by atoms with Crippen LogP contribution in [0, 0.1) is 0 Å². The second-order valence-electron chi connectivity index (χ2n) is 7.96. The third-order valence-corrected chi connectivity index (χ3v) is 5.88. The van der Waals surface area contributed by atoms with Crippen molar-refractivity contribution in [2.75, 3.05) is 0 Å². The Balaban J connectivity index is 1.83. The van der Waals surface area contributed by atoms with Crippen LogP contribution < -0.4 is 0 Å². The molecule has 0 bridgehead atoms. The van der Waals surface area contributed by atoms with Gasteiger partial charge in [0, 0.05) is 18.7 Å². The van der Waals surface area contributed by atoms with Crippen LogP contribution in [0.3, 0.4) is 0 Å². The van der Waals surface area contributed by atoms with E-state index in [1.54, 1.807) is 0 Å². The Morgan fingerprint density at radius 1 is 0.613 bits per heavy atom. The molecule has 0 spiro atoms. The summed E-state index contributed by atoms with van der Waals surface area (Å²) in [5.74, 6) is 0.103. The molecule has 0 N–H and O–H groups in total. The third-order valence-electron chi connectivity index (χ3n) is 5.88. The molecule has 0 heterocycles. The first kappa shape index (κ1) is 20.8. The van der Waals surface area contributed by atoms with E-state index in [1.807, 2.05) is 60.7 Å². The van der Waals surface area contributed by atoms with Crippen LogP contribution in [-0.4, -0.2) is 10.7 Å². The summed E-state index contributed by atoms with van der Waals surface area (Å²) in [5.41, 5.74) is 3.26. The molecule has 31 heavy (non-hydrogen) atoms. The van der Waals surface area contributed by atoms with Crippen molar-refractivity contribution in [1.29, 1.82) is 0 Å². The highest BCUT2D eigenvalue weighted by Gasteiger charge is 2.41. The van der Waals surface area contributed by atoms with Gasteiger partial charge >= 0.3 is 0 Å². The minimum absolute atomic E-state index is 0.103. The van der Waals surface area contributed by atoms with Crippen molar-refractivity contribution in [2.45, 2.75) is 25.6 Å². The van der Waals surface area contributed by atoms with Crippen LogP contribution in [0.15, 0.2) is 121 Å². The van der Waals surface area contributed by atoms with Gasteiger partial charge in [-0.15, -0.1) is 0 Å². The molecule has 0 fully saturated rings. The zero-order valence-corrected chi connectivity index (χ0v) is 17.8. The van der Waals surface area contributed by atoms with E-state index in [4.69, 9.17) is 0 Å². The summed E-state index contributed by atoms with van der Waals surface area (Å²) >= 11 is 0. The third kappa shape index (κ3) is 4.65. The number of nitrogens with zero attached hydrogens (tertiary/aromatic N) is 1. The van der Waals surface area contributed by atoms with Crippen LogP contribution in [-0.2, 0) is 18.6 Å². The Bertz CT molecular complexity index is 1050. The first-order chi connectivity index (χ1) is 15.2. The van der Waals surface area contributed by atoms with Gasteiger partial charge in [-0.05, 0) is 23.6 Å². The molecule has 2 nitrogen and oxygen atoms in total. The van der Waals surface area contributed by atoms with Gasteiger partial charge in [0.15, 0.2) is 5.78 Å². The van der Waals surface area contributed by atoms with E-state index in [2.05, 4.69) is 72.5 Å². The quantitative estimate of drug-likeness (QED) is 0.312. The molecular formula is C29H27NO. The minimum atomic E-state index is -0.825. The monoisotopic (exact) mass is 405 g/mol. The summed E-state index contributed by atoms with van der Waals surface area (Å²) in [6.07, 6.45) is 0. The molecule has 154 valence electrons. The number of carbonyl (C=O) groups excluding carboxylic acids is 1. The average Bonchev–Trinajstić information content (AvgIpc) is 2.85. The van der Waals surface area contributed by atoms with Gasteiger partial charge in [-0.1, -0.05) is 121 Å². The molecule has 0 amide bonds.